The van der Waals surface area contributed by atoms with Gasteiger partial charge in [0, 0.05) is 7.05 Å². The van der Waals surface area contributed by atoms with E-state index in [1.165, 1.54) is 0 Å². The summed E-state index contributed by atoms with van der Waals surface area (Å²) in [7, 11) is 1.79. The number of hydrogen-bond acceptors (Lipinski definition) is 4. The van der Waals surface area contributed by atoms with Crippen molar-refractivity contribution >= 4 is 5.91 Å². The van der Waals surface area contributed by atoms with Gasteiger partial charge in [-0.05, 0) is 49.4 Å². The molecule has 1 amide bonds. The van der Waals surface area contributed by atoms with Gasteiger partial charge in [0.1, 0.15) is 18.9 Å². The van der Waals surface area contributed by atoms with Gasteiger partial charge in [0.2, 0.25) is 0 Å². The molecule has 6 heteroatoms. The summed E-state index contributed by atoms with van der Waals surface area (Å²) in [6.07, 6.45) is 2.26. The first-order chi connectivity index (χ1) is 11.6. The zero-order chi connectivity index (χ0) is 16.7. The zero-order valence-corrected chi connectivity index (χ0v) is 13.9. The monoisotopic (exact) mass is 327 g/mol. The summed E-state index contributed by atoms with van der Waals surface area (Å²) in [5, 5.41) is 7.43. The fourth-order valence-corrected chi connectivity index (χ4v) is 3.19. The first-order valence-corrected chi connectivity index (χ1v) is 8.33. The summed E-state index contributed by atoms with van der Waals surface area (Å²) in [5.74, 6) is 1.92. The second-order valence-electron chi connectivity index (χ2n) is 6.49. The van der Waals surface area contributed by atoms with Gasteiger partial charge in [-0.3, -0.25) is 9.48 Å². The zero-order valence-electron chi connectivity index (χ0n) is 13.9. The number of ether oxygens (including phenoxy) is 2. The molecule has 0 radical (unpaired) electrons. The molecule has 6 nitrogen and oxygen atoms in total. The van der Waals surface area contributed by atoms with Crippen molar-refractivity contribution in [1.82, 2.24) is 15.1 Å². The van der Waals surface area contributed by atoms with Crippen LogP contribution in [0.1, 0.15) is 40.6 Å². The quantitative estimate of drug-likeness (QED) is 0.936. The Morgan fingerprint density at radius 3 is 2.67 bits per heavy atom. The number of rotatable bonds is 4. The molecule has 2 aromatic rings. The molecule has 1 aromatic heterocycles. The van der Waals surface area contributed by atoms with Crippen LogP contribution in [0.3, 0.4) is 0 Å². The van der Waals surface area contributed by atoms with Crippen LogP contribution in [0.5, 0.6) is 11.5 Å². The number of fused-ring (bicyclic) bond motifs is 1. The number of carbonyl (C=O) groups excluding carboxylic acids is 1. The molecule has 0 bridgehead atoms. The molecule has 1 aliphatic heterocycles. The van der Waals surface area contributed by atoms with Crippen LogP contribution < -0.4 is 14.8 Å². The van der Waals surface area contributed by atoms with Crippen LogP contribution in [0.2, 0.25) is 0 Å². The predicted molar refractivity (Wildman–Crippen MR) is 88.3 cm³/mol. The largest absolute Gasteiger partial charge is 0.486 e. The van der Waals surface area contributed by atoms with Gasteiger partial charge >= 0.3 is 0 Å². The molecule has 0 saturated heterocycles. The third-order valence-electron chi connectivity index (χ3n) is 4.54. The number of nitrogens with one attached hydrogen (secondary N) is 1. The lowest BCUT2D eigenvalue weighted by Gasteiger charge is -2.23. The molecule has 2 aliphatic rings. The van der Waals surface area contributed by atoms with Crippen molar-refractivity contribution in [2.75, 3.05) is 13.2 Å². The SMILES string of the molecule is Cc1cc(C(=O)N[C@H](c2ccc3c(c2)OCCO3)C2CC2)n(C)n1. The Labute approximate surface area is 140 Å². The highest BCUT2D eigenvalue weighted by Crippen LogP contribution is 2.43. The predicted octanol–water partition coefficient (Wildman–Crippen LogP) is 2.38. The van der Waals surface area contributed by atoms with Gasteiger partial charge in [-0.1, -0.05) is 6.07 Å². The fourth-order valence-electron chi connectivity index (χ4n) is 3.19. The Kier molecular flexibility index (Phi) is 3.67. The van der Waals surface area contributed by atoms with E-state index in [9.17, 15) is 4.79 Å². The number of aromatic nitrogens is 2. The minimum absolute atomic E-state index is 0.0106. The molecule has 1 fully saturated rings. The van der Waals surface area contributed by atoms with E-state index >= 15 is 0 Å². The van der Waals surface area contributed by atoms with E-state index in [1.54, 1.807) is 11.7 Å². The van der Waals surface area contributed by atoms with Crippen LogP contribution in [0.15, 0.2) is 24.3 Å². The fraction of sp³-hybridized carbons (Fsp3) is 0.444. The first-order valence-electron chi connectivity index (χ1n) is 8.33. The number of nitrogens with zero attached hydrogens (tertiary/aromatic N) is 2. The Hall–Kier alpha value is -2.50. The maximum Gasteiger partial charge on any atom is 0.270 e. The Morgan fingerprint density at radius 2 is 2.00 bits per heavy atom. The Bertz CT molecular complexity index is 780. The topological polar surface area (TPSA) is 65.4 Å². The normalized spacial score (nSPS) is 17.4. The van der Waals surface area contributed by atoms with Gasteiger partial charge in [-0.25, -0.2) is 0 Å². The average Bonchev–Trinajstić information content (AvgIpc) is 3.36. The lowest BCUT2D eigenvalue weighted by Crippen LogP contribution is -2.31. The second-order valence-corrected chi connectivity index (χ2v) is 6.49. The Balaban J connectivity index is 1.59. The molecule has 1 aromatic carbocycles. The van der Waals surface area contributed by atoms with Crippen LogP contribution in [0.25, 0.3) is 0 Å². The molecular weight excluding hydrogens is 306 g/mol. The van der Waals surface area contributed by atoms with Gasteiger partial charge in [-0.2, -0.15) is 5.10 Å². The molecule has 2 heterocycles. The maximum atomic E-state index is 12.7. The molecule has 1 atom stereocenters. The minimum atomic E-state index is -0.0927. The van der Waals surface area contributed by atoms with E-state index in [0.717, 1.165) is 35.6 Å². The van der Waals surface area contributed by atoms with Gasteiger partial charge in [0.25, 0.3) is 5.91 Å². The molecule has 1 aliphatic carbocycles. The number of benzene rings is 1. The van der Waals surface area contributed by atoms with E-state index in [0.29, 0.717) is 24.8 Å². The molecule has 0 unspecified atom stereocenters. The van der Waals surface area contributed by atoms with E-state index in [2.05, 4.69) is 10.4 Å². The van der Waals surface area contributed by atoms with Crippen molar-refractivity contribution in [2.45, 2.75) is 25.8 Å². The van der Waals surface area contributed by atoms with Crippen LogP contribution >= 0.6 is 0 Å². The van der Waals surface area contributed by atoms with E-state index in [1.807, 2.05) is 31.2 Å². The number of hydrogen-bond donors (Lipinski definition) is 1. The highest BCUT2D eigenvalue weighted by atomic mass is 16.6. The lowest BCUT2D eigenvalue weighted by molar-refractivity contribution is 0.0922. The van der Waals surface area contributed by atoms with Crippen LogP contribution in [-0.4, -0.2) is 28.9 Å². The Morgan fingerprint density at radius 1 is 1.25 bits per heavy atom. The van der Waals surface area contributed by atoms with Crippen molar-refractivity contribution in [2.24, 2.45) is 13.0 Å². The highest BCUT2D eigenvalue weighted by Gasteiger charge is 2.34. The minimum Gasteiger partial charge on any atom is -0.486 e. The summed E-state index contributed by atoms with van der Waals surface area (Å²) in [6.45, 7) is 3.02. The standard InChI is InChI=1S/C18H21N3O3/c1-11-9-14(21(2)20-11)18(22)19-17(12-3-4-12)13-5-6-15-16(10-13)24-8-7-23-15/h5-6,9-10,12,17H,3-4,7-8H2,1-2H3,(H,19,22)/t17-/m0/s1. The summed E-state index contributed by atoms with van der Waals surface area (Å²) < 4.78 is 12.9. The average molecular weight is 327 g/mol. The van der Waals surface area contributed by atoms with Gasteiger partial charge < -0.3 is 14.8 Å². The molecule has 24 heavy (non-hydrogen) atoms. The summed E-state index contributed by atoms with van der Waals surface area (Å²) in [4.78, 5) is 12.7. The van der Waals surface area contributed by atoms with Gasteiger partial charge in [0.15, 0.2) is 11.5 Å². The summed E-state index contributed by atoms with van der Waals surface area (Å²) in [5.41, 5.74) is 2.48. The molecule has 1 saturated carbocycles. The van der Waals surface area contributed by atoms with Crippen LogP contribution in [0.4, 0.5) is 0 Å². The smallest absolute Gasteiger partial charge is 0.270 e. The van der Waals surface area contributed by atoms with Crippen molar-refractivity contribution in [3.05, 3.63) is 41.2 Å². The molecule has 0 spiro atoms. The van der Waals surface area contributed by atoms with E-state index in [-0.39, 0.29) is 11.9 Å². The van der Waals surface area contributed by atoms with Crippen molar-refractivity contribution in [3.8, 4) is 11.5 Å². The molecular formula is C18H21N3O3. The van der Waals surface area contributed by atoms with Crippen molar-refractivity contribution in [3.63, 3.8) is 0 Å². The van der Waals surface area contributed by atoms with Crippen molar-refractivity contribution < 1.29 is 14.3 Å². The third-order valence-corrected chi connectivity index (χ3v) is 4.54. The van der Waals surface area contributed by atoms with E-state index in [4.69, 9.17) is 9.47 Å². The maximum absolute atomic E-state index is 12.7. The van der Waals surface area contributed by atoms with Crippen molar-refractivity contribution in [1.29, 1.82) is 0 Å². The lowest BCUT2D eigenvalue weighted by atomic mass is 10.0. The van der Waals surface area contributed by atoms with E-state index < -0.39 is 0 Å². The number of aryl methyl sites for hydroxylation is 2. The van der Waals surface area contributed by atoms with Gasteiger partial charge in [-0.15, -0.1) is 0 Å². The molecule has 126 valence electrons. The number of amides is 1. The summed E-state index contributed by atoms with van der Waals surface area (Å²) in [6, 6.07) is 7.74. The van der Waals surface area contributed by atoms with Crippen LogP contribution in [0, 0.1) is 12.8 Å². The molecule has 1 N–H and O–H groups in total. The van der Waals surface area contributed by atoms with Crippen LogP contribution in [-0.2, 0) is 7.05 Å². The second kappa shape index (κ2) is 5.85. The highest BCUT2D eigenvalue weighted by molar-refractivity contribution is 5.93. The number of carbonyl (C=O) groups is 1. The summed E-state index contributed by atoms with van der Waals surface area (Å²) >= 11 is 0. The van der Waals surface area contributed by atoms with Gasteiger partial charge in [0.05, 0.1) is 11.7 Å². The third kappa shape index (κ3) is 2.84. The molecule has 4 rings (SSSR count). The first kappa shape index (κ1) is 15.1.